The van der Waals surface area contributed by atoms with Crippen LogP contribution in [0.3, 0.4) is 0 Å². The molecule has 7 nitrogen and oxygen atoms in total. The highest BCUT2D eigenvalue weighted by Crippen LogP contribution is 2.42. The number of carbonyl (C=O) groups excluding carboxylic acids is 3. The molecule has 2 aromatic rings. The van der Waals surface area contributed by atoms with Gasteiger partial charge in [-0.2, -0.15) is 0 Å². The molecule has 4 rings (SSSR count). The van der Waals surface area contributed by atoms with Gasteiger partial charge in [0.05, 0.1) is 0 Å². The van der Waals surface area contributed by atoms with Gasteiger partial charge in [0, 0.05) is 18.2 Å². The van der Waals surface area contributed by atoms with Crippen LogP contribution in [-0.4, -0.2) is 46.5 Å². The molecule has 0 bridgehead atoms. The molecule has 2 atom stereocenters. The molecule has 1 fully saturated rings. The van der Waals surface area contributed by atoms with Crippen LogP contribution >= 0.6 is 11.8 Å². The summed E-state index contributed by atoms with van der Waals surface area (Å²) in [5.74, 6) is -1.26. The van der Waals surface area contributed by atoms with Gasteiger partial charge in [0.15, 0.2) is 11.5 Å². The summed E-state index contributed by atoms with van der Waals surface area (Å²) in [4.78, 5) is 42.1. The Labute approximate surface area is 189 Å². The van der Waals surface area contributed by atoms with E-state index >= 15 is 0 Å². The molecule has 2 aliphatic heterocycles. The van der Waals surface area contributed by atoms with Gasteiger partial charge in [0.1, 0.15) is 12.3 Å². The first kappa shape index (κ1) is 21.7. The number of rotatable bonds is 6. The van der Waals surface area contributed by atoms with Crippen molar-refractivity contribution in [2.45, 2.75) is 24.4 Å². The topological polar surface area (TPSA) is 77.3 Å². The van der Waals surface area contributed by atoms with Crippen molar-refractivity contribution in [3.8, 4) is 0 Å². The van der Waals surface area contributed by atoms with Gasteiger partial charge in [-0.3, -0.25) is 19.3 Å². The normalized spacial score (nSPS) is 19.7. The van der Waals surface area contributed by atoms with E-state index in [2.05, 4.69) is 4.85 Å². The van der Waals surface area contributed by atoms with Crippen molar-refractivity contribution in [1.82, 2.24) is 4.90 Å². The fraction of sp³-hybridized carbons (Fsp3) is 0.250. The fourth-order valence-corrected chi connectivity index (χ4v) is 4.99. The number of benzene rings is 2. The zero-order chi connectivity index (χ0) is 22.7. The van der Waals surface area contributed by atoms with Gasteiger partial charge >= 0.3 is 23.9 Å². The Hall–Kier alpha value is -3.57. The highest BCUT2D eigenvalue weighted by Gasteiger charge is 2.59. The number of nitrogens with zero attached hydrogens (tertiary/aromatic N) is 2. The van der Waals surface area contributed by atoms with Crippen molar-refractivity contribution >= 4 is 29.6 Å². The molecule has 0 saturated carbocycles. The second-order valence-corrected chi connectivity index (χ2v) is 8.43. The maximum atomic E-state index is 13.4. The average Bonchev–Trinajstić information content (AvgIpc) is 2.81. The van der Waals surface area contributed by atoms with Crippen molar-refractivity contribution < 1.29 is 23.9 Å². The minimum absolute atomic E-state index is 0.0664. The van der Waals surface area contributed by atoms with Crippen LogP contribution in [0.1, 0.15) is 24.2 Å². The maximum absolute atomic E-state index is 13.4. The lowest BCUT2D eigenvalue weighted by molar-refractivity contribution is -0.152. The van der Waals surface area contributed by atoms with E-state index in [1.807, 2.05) is 60.7 Å². The largest absolute Gasteiger partial charge is 0.461 e. The number of carbonyl (C=O) groups is 3. The van der Waals surface area contributed by atoms with E-state index in [9.17, 15) is 14.4 Å². The number of β-lactam (4-membered cyclic amide) rings is 1. The Morgan fingerprint density at radius 2 is 1.72 bits per heavy atom. The van der Waals surface area contributed by atoms with E-state index in [4.69, 9.17) is 16.0 Å². The van der Waals surface area contributed by atoms with E-state index in [-0.39, 0.29) is 12.3 Å². The van der Waals surface area contributed by atoms with Crippen molar-refractivity contribution in [2.75, 3.05) is 12.4 Å². The zero-order valence-electron chi connectivity index (χ0n) is 17.3. The number of fused-ring (bicyclic) bond motifs is 1. The third-order valence-corrected chi connectivity index (χ3v) is 6.56. The second kappa shape index (κ2) is 9.28. The minimum atomic E-state index is -0.822. The first-order valence-electron chi connectivity index (χ1n) is 9.98. The number of ether oxygens (including phenoxy) is 2. The average molecular weight is 449 g/mol. The SMILES string of the molecule is [C-]#[N+]C1C(=O)N2C(C(=O)OC(c3ccccc3)c3ccccc3)=C(COC(C)=O)CS[C@@H]12. The lowest BCUT2D eigenvalue weighted by Crippen LogP contribution is -2.63. The summed E-state index contributed by atoms with van der Waals surface area (Å²) in [6, 6.07) is 17.8. The lowest BCUT2D eigenvalue weighted by Gasteiger charge is -2.44. The van der Waals surface area contributed by atoms with Crippen LogP contribution in [0.25, 0.3) is 4.85 Å². The quantitative estimate of drug-likeness (QED) is 0.383. The Kier molecular flexibility index (Phi) is 6.28. The predicted molar refractivity (Wildman–Crippen MR) is 118 cm³/mol. The number of thioether (sulfide) groups is 1. The van der Waals surface area contributed by atoms with E-state index in [1.54, 1.807) is 0 Å². The number of hydrogen-bond acceptors (Lipinski definition) is 6. The summed E-state index contributed by atoms with van der Waals surface area (Å²) in [7, 11) is 0. The molecule has 162 valence electrons. The summed E-state index contributed by atoms with van der Waals surface area (Å²) in [5, 5.41) is -0.449. The molecule has 2 aliphatic rings. The molecule has 0 aliphatic carbocycles. The van der Waals surface area contributed by atoms with E-state index in [0.717, 1.165) is 11.1 Å². The van der Waals surface area contributed by atoms with Crippen molar-refractivity contribution in [3.63, 3.8) is 0 Å². The van der Waals surface area contributed by atoms with Crippen LogP contribution in [0, 0.1) is 6.57 Å². The van der Waals surface area contributed by atoms with Crippen LogP contribution in [0.2, 0.25) is 0 Å². The van der Waals surface area contributed by atoms with E-state index in [0.29, 0.717) is 11.3 Å². The molecule has 2 heterocycles. The second-order valence-electron chi connectivity index (χ2n) is 7.32. The first-order valence-corrected chi connectivity index (χ1v) is 11.0. The van der Waals surface area contributed by atoms with Crippen molar-refractivity contribution in [2.24, 2.45) is 0 Å². The molecule has 8 heteroatoms. The number of hydrogen-bond donors (Lipinski definition) is 0. The maximum Gasteiger partial charge on any atom is 0.356 e. The molecule has 0 spiro atoms. The molecule has 1 saturated heterocycles. The summed E-state index contributed by atoms with van der Waals surface area (Å²) in [6.45, 7) is 8.44. The van der Waals surface area contributed by atoms with Crippen LogP contribution in [0.4, 0.5) is 0 Å². The van der Waals surface area contributed by atoms with Gasteiger partial charge in [0.25, 0.3) is 0 Å². The van der Waals surface area contributed by atoms with Crippen molar-refractivity contribution in [3.05, 3.63) is 94.5 Å². The lowest BCUT2D eigenvalue weighted by atomic mass is 10.0. The molecule has 1 amide bonds. The Morgan fingerprint density at radius 1 is 1.12 bits per heavy atom. The fourth-order valence-electron chi connectivity index (χ4n) is 3.68. The number of amides is 1. The molecular formula is C24H20N2O5S. The van der Waals surface area contributed by atoms with E-state index in [1.165, 1.54) is 23.6 Å². The zero-order valence-corrected chi connectivity index (χ0v) is 18.1. The predicted octanol–water partition coefficient (Wildman–Crippen LogP) is 3.34. The summed E-state index contributed by atoms with van der Waals surface area (Å²) < 4.78 is 11.1. The molecule has 0 aromatic heterocycles. The molecule has 0 radical (unpaired) electrons. The molecular weight excluding hydrogens is 428 g/mol. The van der Waals surface area contributed by atoms with Gasteiger partial charge < -0.3 is 9.47 Å². The summed E-state index contributed by atoms with van der Waals surface area (Å²) in [5.41, 5.74) is 2.12. The minimum Gasteiger partial charge on any atom is -0.461 e. The first-order chi connectivity index (χ1) is 15.5. The molecule has 1 unspecified atom stereocenters. The van der Waals surface area contributed by atoms with Crippen LogP contribution < -0.4 is 0 Å². The molecule has 2 aromatic carbocycles. The summed E-state index contributed by atoms with van der Waals surface area (Å²) >= 11 is 1.38. The Balaban J connectivity index is 1.69. The molecule has 32 heavy (non-hydrogen) atoms. The van der Waals surface area contributed by atoms with Gasteiger partial charge in [-0.15, -0.1) is 11.8 Å². The van der Waals surface area contributed by atoms with Gasteiger partial charge in [-0.05, 0) is 11.1 Å². The van der Waals surface area contributed by atoms with Gasteiger partial charge in [-0.1, -0.05) is 60.7 Å². The smallest absolute Gasteiger partial charge is 0.356 e. The van der Waals surface area contributed by atoms with Gasteiger partial charge in [-0.25, -0.2) is 11.4 Å². The monoisotopic (exact) mass is 448 g/mol. The Bertz CT molecular complexity index is 1070. The Morgan fingerprint density at radius 3 is 2.25 bits per heavy atom. The van der Waals surface area contributed by atoms with Crippen LogP contribution in [0.5, 0.6) is 0 Å². The third-order valence-electron chi connectivity index (χ3n) is 5.23. The van der Waals surface area contributed by atoms with Gasteiger partial charge in [0.2, 0.25) is 0 Å². The molecule has 0 N–H and O–H groups in total. The highest BCUT2D eigenvalue weighted by atomic mass is 32.2. The van der Waals surface area contributed by atoms with Crippen LogP contribution in [0.15, 0.2) is 71.9 Å². The van der Waals surface area contributed by atoms with E-state index < -0.39 is 35.4 Å². The summed E-state index contributed by atoms with van der Waals surface area (Å²) in [6.07, 6.45) is -0.687. The number of esters is 2. The third kappa shape index (κ3) is 4.12. The highest BCUT2D eigenvalue weighted by molar-refractivity contribution is 8.00. The van der Waals surface area contributed by atoms with Crippen molar-refractivity contribution in [1.29, 1.82) is 0 Å². The van der Waals surface area contributed by atoms with Crippen LogP contribution in [-0.2, 0) is 23.9 Å². The standard InChI is InChI=1S/C24H20N2O5S/c1-15(27)30-13-18-14-32-23-19(25-2)22(28)26(23)20(18)24(29)31-21(16-9-5-3-6-10-16)17-11-7-4-8-12-17/h3-12,19,21,23H,13-14H2,1H3/t19?,23-/m0/s1.